The van der Waals surface area contributed by atoms with E-state index in [-0.39, 0.29) is 0 Å². The summed E-state index contributed by atoms with van der Waals surface area (Å²) in [7, 11) is 0. The van der Waals surface area contributed by atoms with Crippen LogP contribution < -0.4 is 5.73 Å². The van der Waals surface area contributed by atoms with Crippen LogP contribution in [0, 0.1) is 0 Å². The predicted molar refractivity (Wildman–Crippen MR) is 81.8 cm³/mol. The molecule has 0 aliphatic heterocycles. The maximum absolute atomic E-state index is 5.88. The van der Waals surface area contributed by atoms with E-state index in [1.807, 2.05) is 53.5 Å². The van der Waals surface area contributed by atoms with Crippen LogP contribution in [0.1, 0.15) is 5.56 Å². The van der Waals surface area contributed by atoms with Gasteiger partial charge in [0.15, 0.2) is 0 Å². The van der Waals surface area contributed by atoms with Crippen LogP contribution >= 0.6 is 11.8 Å². The maximum Gasteiger partial charge on any atom is 0.0645 e. The highest BCUT2D eigenvalue weighted by Gasteiger charge is 2.03. The van der Waals surface area contributed by atoms with E-state index in [9.17, 15) is 0 Å². The molecule has 20 heavy (non-hydrogen) atoms. The van der Waals surface area contributed by atoms with Crippen molar-refractivity contribution in [2.45, 2.75) is 10.6 Å². The molecule has 0 unspecified atom stereocenters. The van der Waals surface area contributed by atoms with Gasteiger partial charge in [0.1, 0.15) is 0 Å². The fourth-order valence-corrected chi connectivity index (χ4v) is 2.69. The van der Waals surface area contributed by atoms with E-state index in [4.69, 9.17) is 5.73 Å². The van der Waals surface area contributed by atoms with Crippen molar-refractivity contribution in [3.05, 3.63) is 66.7 Å². The van der Waals surface area contributed by atoms with E-state index in [0.29, 0.717) is 5.69 Å². The Hall–Kier alpha value is -2.27. The fraction of sp³-hybridized carbons (Fsp3) is 0.0667. The van der Waals surface area contributed by atoms with E-state index in [1.54, 1.807) is 24.2 Å². The van der Waals surface area contributed by atoms with Crippen molar-refractivity contribution in [1.82, 2.24) is 14.8 Å². The highest BCUT2D eigenvalue weighted by atomic mass is 32.2. The lowest BCUT2D eigenvalue weighted by molar-refractivity contribution is 0.880. The molecule has 100 valence electrons. The quantitative estimate of drug-likeness (QED) is 0.747. The molecule has 0 aliphatic carbocycles. The Bertz CT molecular complexity index is 694. The molecule has 0 spiro atoms. The van der Waals surface area contributed by atoms with Gasteiger partial charge in [0.25, 0.3) is 0 Å². The SMILES string of the molecule is Nc1cnccc1SCc1cnn(-c2ccccc2)c1. The van der Waals surface area contributed by atoms with Gasteiger partial charge >= 0.3 is 0 Å². The molecule has 0 amide bonds. The molecule has 0 saturated carbocycles. The molecule has 2 heterocycles. The topological polar surface area (TPSA) is 56.7 Å². The molecule has 2 aromatic heterocycles. The molecule has 2 N–H and O–H groups in total. The number of anilines is 1. The van der Waals surface area contributed by atoms with E-state index < -0.39 is 0 Å². The molecule has 0 aliphatic rings. The lowest BCUT2D eigenvalue weighted by Crippen LogP contribution is -1.92. The third kappa shape index (κ3) is 2.83. The number of nitrogens with two attached hydrogens (primary N) is 1. The number of nitrogen functional groups attached to an aromatic ring is 1. The predicted octanol–water partition coefficient (Wildman–Crippen LogP) is 3.14. The zero-order valence-electron chi connectivity index (χ0n) is 10.8. The summed E-state index contributed by atoms with van der Waals surface area (Å²) in [5.74, 6) is 0.834. The number of hydrogen-bond acceptors (Lipinski definition) is 4. The first kappa shape index (κ1) is 12.7. The second-order valence-corrected chi connectivity index (χ2v) is 5.35. The smallest absolute Gasteiger partial charge is 0.0645 e. The lowest BCUT2D eigenvalue weighted by Gasteiger charge is -2.02. The van der Waals surface area contributed by atoms with Gasteiger partial charge in [-0.1, -0.05) is 18.2 Å². The molecule has 1 aromatic carbocycles. The summed E-state index contributed by atoms with van der Waals surface area (Å²) in [4.78, 5) is 5.04. The summed E-state index contributed by atoms with van der Waals surface area (Å²) in [6, 6.07) is 12.0. The molecule has 3 rings (SSSR count). The molecular formula is C15H14N4S. The van der Waals surface area contributed by atoms with Gasteiger partial charge in [-0.2, -0.15) is 5.10 Å². The first-order valence-electron chi connectivity index (χ1n) is 6.24. The Labute approximate surface area is 121 Å². The summed E-state index contributed by atoms with van der Waals surface area (Å²) in [5.41, 5.74) is 8.82. The van der Waals surface area contributed by atoms with Crippen molar-refractivity contribution < 1.29 is 0 Å². The zero-order chi connectivity index (χ0) is 13.8. The second-order valence-electron chi connectivity index (χ2n) is 4.33. The van der Waals surface area contributed by atoms with Crippen LogP contribution in [-0.4, -0.2) is 14.8 Å². The number of para-hydroxylation sites is 1. The van der Waals surface area contributed by atoms with E-state index >= 15 is 0 Å². The van der Waals surface area contributed by atoms with Crippen LogP contribution in [0.15, 0.2) is 66.1 Å². The number of benzene rings is 1. The van der Waals surface area contributed by atoms with Gasteiger partial charge in [0, 0.05) is 28.6 Å². The first-order chi connectivity index (χ1) is 9.83. The normalized spacial score (nSPS) is 10.6. The minimum Gasteiger partial charge on any atom is -0.397 e. The first-order valence-corrected chi connectivity index (χ1v) is 7.23. The summed E-state index contributed by atoms with van der Waals surface area (Å²) >= 11 is 1.69. The minimum atomic E-state index is 0.716. The van der Waals surface area contributed by atoms with Crippen LogP contribution in [-0.2, 0) is 5.75 Å². The number of pyridine rings is 1. The number of rotatable bonds is 4. The van der Waals surface area contributed by atoms with Crippen molar-refractivity contribution in [2.24, 2.45) is 0 Å². The Morgan fingerprint density at radius 1 is 1.10 bits per heavy atom. The van der Waals surface area contributed by atoms with Gasteiger partial charge in [-0.15, -0.1) is 11.8 Å². The Morgan fingerprint density at radius 3 is 2.75 bits per heavy atom. The Balaban J connectivity index is 1.71. The standard InChI is InChI=1S/C15H14N4S/c16-14-9-17-7-6-15(14)20-11-12-8-18-19(10-12)13-4-2-1-3-5-13/h1-10H,11,16H2. The molecule has 0 fully saturated rings. The lowest BCUT2D eigenvalue weighted by atomic mass is 10.3. The number of thioether (sulfide) groups is 1. The number of aromatic nitrogens is 3. The third-order valence-corrected chi connectivity index (χ3v) is 4.02. The number of hydrogen-bond donors (Lipinski definition) is 1. The molecule has 4 nitrogen and oxygen atoms in total. The average molecular weight is 282 g/mol. The van der Waals surface area contributed by atoms with Crippen molar-refractivity contribution in [2.75, 3.05) is 5.73 Å². The minimum absolute atomic E-state index is 0.716. The molecule has 5 heteroatoms. The van der Waals surface area contributed by atoms with Crippen LogP contribution in [0.3, 0.4) is 0 Å². The van der Waals surface area contributed by atoms with Gasteiger partial charge in [-0.25, -0.2) is 4.68 Å². The third-order valence-electron chi connectivity index (χ3n) is 2.86. The largest absolute Gasteiger partial charge is 0.397 e. The molecular weight excluding hydrogens is 268 g/mol. The molecule has 0 saturated heterocycles. The fourth-order valence-electron chi connectivity index (χ4n) is 1.84. The summed E-state index contributed by atoms with van der Waals surface area (Å²) in [6.45, 7) is 0. The van der Waals surface area contributed by atoms with Gasteiger partial charge in [0.2, 0.25) is 0 Å². The van der Waals surface area contributed by atoms with Crippen molar-refractivity contribution >= 4 is 17.4 Å². The zero-order valence-corrected chi connectivity index (χ0v) is 11.6. The second kappa shape index (κ2) is 5.79. The molecule has 0 bridgehead atoms. The van der Waals surface area contributed by atoms with Crippen LogP contribution in [0.5, 0.6) is 0 Å². The van der Waals surface area contributed by atoms with E-state index in [0.717, 1.165) is 21.9 Å². The molecule has 3 aromatic rings. The monoisotopic (exact) mass is 282 g/mol. The van der Waals surface area contributed by atoms with Gasteiger partial charge in [-0.05, 0) is 18.2 Å². The summed E-state index contributed by atoms with van der Waals surface area (Å²) in [6.07, 6.45) is 7.36. The Kier molecular flexibility index (Phi) is 3.69. The van der Waals surface area contributed by atoms with E-state index in [1.165, 1.54) is 0 Å². The van der Waals surface area contributed by atoms with E-state index in [2.05, 4.69) is 10.1 Å². The van der Waals surface area contributed by atoms with Gasteiger partial charge in [-0.3, -0.25) is 4.98 Å². The Morgan fingerprint density at radius 2 is 1.95 bits per heavy atom. The van der Waals surface area contributed by atoms with Crippen molar-refractivity contribution in [3.8, 4) is 5.69 Å². The summed E-state index contributed by atoms with van der Waals surface area (Å²) < 4.78 is 1.88. The molecule has 0 atom stereocenters. The van der Waals surface area contributed by atoms with Gasteiger partial charge < -0.3 is 5.73 Å². The van der Waals surface area contributed by atoms with Crippen LogP contribution in [0.2, 0.25) is 0 Å². The van der Waals surface area contributed by atoms with Crippen LogP contribution in [0.25, 0.3) is 5.69 Å². The maximum atomic E-state index is 5.88. The van der Waals surface area contributed by atoms with Crippen LogP contribution in [0.4, 0.5) is 5.69 Å². The van der Waals surface area contributed by atoms with Crippen molar-refractivity contribution in [1.29, 1.82) is 0 Å². The van der Waals surface area contributed by atoms with Crippen molar-refractivity contribution in [3.63, 3.8) is 0 Å². The van der Waals surface area contributed by atoms with Gasteiger partial charge in [0.05, 0.1) is 23.8 Å². The highest BCUT2D eigenvalue weighted by molar-refractivity contribution is 7.98. The average Bonchev–Trinajstić information content (AvgIpc) is 2.96. The summed E-state index contributed by atoms with van der Waals surface area (Å²) in [5, 5.41) is 4.38. The highest BCUT2D eigenvalue weighted by Crippen LogP contribution is 2.27. The molecule has 0 radical (unpaired) electrons. The number of nitrogens with zero attached hydrogens (tertiary/aromatic N) is 3.